The number of hydrogen-bond acceptors (Lipinski definition) is 4. The molecule has 154 valence electrons. The normalized spacial score (nSPS) is 13.2. The topological polar surface area (TPSA) is 73.2 Å². The number of aromatic nitrogens is 2. The highest BCUT2D eigenvalue weighted by Crippen LogP contribution is 2.25. The van der Waals surface area contributed by atoms with Gasteiger partial charge in [0.2, 0.25) is 10.0 Å². The lowest BCUT2D eigenvalue weighted by Crippen LogP contribution is -2.30. The Balaban J connectivity index is 1.83. The summed E-state index contributed by atoms with van der Waals surface area (Å²) in [7, 11) is -2.26. The molecule has 0 aliphatic carbocycles. The molecule has 0 spiro atoms. The zero-order chi connectivity index (χ0) is 21.1. The third-order valence-electron chi connectivity index (χ3n) is 3.97. The van der Waals surface area contributed by atoms with Gasteiger partial charge in [-0.15, -0.1) is 0 Å². The predicted molar refractivity (Wildman–Crippen MR) is 99.8 cm³/mol. The van der Waals surface area contributed by atoms with Crippen LogP contribution in [0.2, 0.25) is 0 Å². The van der Waals surface area contributed by atoms with Gasteiger partial charge in [-0.3, -0.25) is 4.68 Å². The van der Waals surface area contributed by atoms with Crippen molar-refractivity contribution in [2.75, 3.05) is 6.61 Å². The third-order valence-corrected chi connectivity index (χ3v) is 5.41. The standard InChI is InChI=1S/C19H18F3N3O3S/c1-25-12-11-17(23-25)18(14-5-3-2-4-6-14)24-29(26,27)16-9-7-15(8-10-16)28-13-19(20,21)22/h2-12,18,24H,13H2,1H3. The van der Waals surface area contributed by atoms with Crippen LogP contribution in [0.15, 0.2) is 71.8 Å². The molecule has 29 heavy (non-hydrogen) atoms. The summed E-state index contributed by atoms with van der Waals surface area (Å²) in [6.07, 6.45) is -2.77. The predicted octanol–water partition coefficient (Wildman–Crippen LogP) is 3.43. The summed E-state index contributed by atoms with van der Waals surface area (Å²) in [5.41, 5.74) is 1.20. The van der Waals surface area contributed by atoms with Crippen LogP contribution < -0.4 is 9.46 Å². The average Bonchev–Trinajstić information content (AvgIpc) is 3.11. The highest BCUT2D eigenvalue weighted by atomic mass is 32.2. The van der Waals surface area contributed by atoms with Crippen LogP contribution in [0.1, 0.15) is 17.3 Å². The van der Waals surface area contributed by atoms with E-state index in [4.69, 9.17) is 0 Å². The van der Waals surface area contributed by atoms with Crippen molar-refractivity contribution >= 4 is 10.0 Å². The van der Waals surface area contributed by atoms with Gasteiger partial charge in [0.05, 0.1) is 16.6 Å². The lowest BCUT2D eigenvalue weighted by Gasteiger charge is -2.18. The van der Waals surface area contributed by atoms with Crippen LogP contribution in [0.25, 0.3) is 0 Å². The van der Waals surface area contributed by atoms with Gasteiger partial charge in [-0.1, -0.05) is 30.3 Å². The van der Waals surface area contributed by atoms with Crippen molar-refractivity contribution in [2.24, 2.45) is 7.05 Å². The molecule has 0 saturated carbocycles. The number of aryl methyl sites for hydroxylation is 1. The van der Waals surface area contributed by atoms with Crippen molar-refractivity contribution < 1.29 is 26.3 Å². The van der Waals surface area contributed by atoms with E-state index in [1.165, 1.54) is 24.3 Å². The first-order valence-electron chi connectivity index (χ1n) is 8.50. The maximum Gasteiger partial charge on any atom is 0.422 e. The third kappa shape index (κ3) is 5.58. The van der Waals surface area contributed by atoms with E-state index in [0.29, 0.717) is 11.3 Å². The molecule has 1 aromatic heterocycles. The number of ether oxygens (including phenoxy) is 1. The Bertz CT molecular complexity index is 1050. The quantitative estimate of drug-likeness (QED) is 0.630. The van der Waals surface area contributed by atoms with Gasteiger partial charge in [-0.05, 0) is 35.9 Å². The Morgan fingerprint density at radius 2 is 1.72 bits per heavy atom. The fourth-order valence-electron chi connectivity index (χ4n) is 2.64. The maximum absolute atomic E-state index is 12.9. The molecule has 0 amide bonds. The molecule has 1 atom stereocenters. The monoisotopic (exact) mass is 425 g/mol. The average molecular weight is 425 g/mol. The van der Waals surface area contributed by atoms with E-state index >= 15 is 0 Å². The second-order valence-corrected chi connectivity index (χ2v) is 7.97. The van der Waals surface area contributed by atoms with Crippen molar-refractivity contribution in [3.63, 3.8) is 0 Å². The lowest BCUT2D eigenvalue weighted by molar-refractivity contribution is -0.153. The van der Waals surface area contributed by atoms with E-state index in [1.807, 2.05) is 6.07 Å². The Morgan fingerprint density at radius 3 is 2.28 bits per heavy atom. The van der Waals surface area contributed by atoms with Gasteiger partial charge in [0, 0.05) is 13.2 Å². The van der Waals surface area contributed by atoms with E-state index in [9.17, 15) is 21.6 Å². The first-order valence-corrected chi connectivity index (χ1v) is 9.99. The molecule has 0 aliphatic rings. The molecular formula is C19H18F3N3O3S. The van der Waals surface area contributed by atoms with Gasteiger partial charge in [0.1, 0.15) is 5.75 Å². The Labute approximate surface area is 166 Å². The summed E-state index contributed by atoms with van der Waals surface area (Å²) in [6, 6.07) is 14.6. The number of alkyl halides is 3. The minimum Gasteiger partial charge on any atom is -0.484 e. The smallest absolute Gasteiger partial charge is 0.422 e. The van der Waals surface area contributed by atoms with Crippen molar-refractivity contribution in [1.82, 2.24) is 14.5 Å². The number of rotatable bonds is 7. The summed E-state index contributed by atoms with van der Waals surface area (Å²) >= 11 is 0. The molecule has 1 heterocycles. The molecule has 1 N–H and O–H groups in total. The largest absolute Gasteiger partial charge is 0.484 e. The van der Waals surface area contributed by atoms with Gasteiger partial charge in [0.15, 0.2) is 6.61 Å². The Hall–Kier alpha value is -2.85. The fourth-order valence-corrected chi connectivity index (χ4v) is 3.83. The summed E-state index contributed by atoms with van der Waals surface area (Å²) < 4.78 is 71.2. The number of hydrogen-bond donors (Lipinski definition) is 1. The highest BCUT2D eigenvalue weighted by Gasteiger charge is 2.29. The molecule has 0 bridgehead atoms. The molecule has 0 radical (unpaired) electrons. The molecule has 2 aromatic carbocycles. The van der Waals surface area contributed by atoms with Crippen LogP contribution in [0, 0.1) is 0 Å². The second kappa shape index (κ2) is 8.26. The van der Waals surface area contributed by atoms with Crippen molar-refractivity contribution in [2.45, 2.75) is 17.1 Å². The first-order chi connectivity index (χ1) is 13.6. The Morgan fingerprint density at radius 1 is 1.07 bits per heavy atom. The second-order valence-electron chi connectivity index (χ2n) is 6.25. The van der Waals surface area contributed by atoms with Gasteiger partial charge >= 0.3 is 6.18 Å². The van der Waals surface area contributed by atoms with E-state index in [0.717, 1.165) is 0 Å². The van der Waals surface area contributed by atoms with Crippen LogP contribution in [0.3, 0.4) is 0 Å². The zero-order valence-electron chi connectivity index (χ0n) is 15.3. The van der Waals surface area contributed by atoms with E-state index in [2.05, 4.69) is 14.6 Å². The SMILES string of the molecule is Cn1ccc(C(NS(=O)(=O)c2ccc(OCC(F)(F)F)cc2)c2ccccc2)n1. The van der Waals surface area contributed by atoms with Crippen molar-refractivity contribution in [3.05, 3.63) is 78.1 Å². The molecule has 10 heteroatoms. The van der Waals surface area contributed by atoms with E-state index in [1.54, 1.807) is 48.3 Å². The van der Waals surface area contributed by atoms with Gasteiger partial charge < -0.3 is 4.74 Å². The molecule has 0 fully saturated rings. The fraction of sp³-hybridized carbons (Fsp3) is 0.211. The van der Waals surface area contributed by atoms with Crippen LogP contribution >= 0.6 is 0 Å². The van der Waals surface area contributed by atoms with Crippen molar-refractivity contribution in [1.29, 1.82) is 0 Å². The maximum atomic E-state index is 12.9. The molecular weight excluding hydrogens is 407 g/mol. The van der Waals surface area contributed by atoms with Crippen molar-refractivity contribution in [3.8, 4) is 5.75 Å². The molecule has 3 aromatic rings. The van der Waals surface area contributed by atoms with E-state index < -0.39 is 28.8 Å². The van der Waals surface area contributed by atoms with Crippen LogP contribution in [0.5, 0.6) is 5.75 Å². The number of halogens is 3. The van der Waals surface area contributed by atoms with Crippen LogP contribution in [-0.2, 0) is 17.1 Å². The number of nitrogens with one attached hydrogen (secondary N) is 1. The van der Waals surface area contributed by atoms with Gasteiger partial charge in [-0.2, -0.15) is 23.0 Å². The zero-order valence-corrected chi connectivity index (χ0v) is 16.1. The number of nitrogens with zero attached hydrogens (tertiary/aromatic N) is 2. The minimum atomic E-state index is -4.47. The minimum absolute atomic E-state index is 0.0781. The van der Waals surface area contributed by atoms with Crippen LogP contribution in [-0.4, -0.2) is 31.0 Å². The number of benzene rings is 2. The lowest BCUT2D eigenvalue weighted by atomic mass is 10.1. The summed E-state index contributed by atoms with van der Waals surface area (Å²) in [6.45, 7) is -1.45. The summed E-state index contributed by atoms with van der Waals surface area (Å²) in [5, 5.41) is 4.29. The number of sulfonamides is 1. The van der Waals surface area contributed by atoms with Crippen LogP contribution in [0.4, 0.5) is 13.2 Å². The highest BCUT2D eigenvalue weighted by molar-refractivity contribution is 7.89. The molecule has 6 nitrogen and oxygen atoms in total. The summed E-state index contributed by atoms with van der Waals surface area (Å²) in [4.78, 5) is -0.103. The summed E-state index contributed by atoms with van der Waals surface area (Å²) in [5.74, 6) is -0.0781. The van der Waals surface area contributed by atoms with Gasteiger partial charge in [0.25, 0.3) is 0 Å². The Kier molecular flexibility index (Phi) is 5.94. The molecule has 3 rings (SSSR count). The molecule has 1 unspecified atom stereocenters. The first kappa shape index (κ1) is 20.9. The van der Waals surface area contributed by atoms with Gasteiger partial charge in [-0.25, -0.2) is 8.42 Å². The van der Waals surface area contributed by atoms with E-state index in [-0.39, 0.29) is 10.6 Å². The molecule has 0 saturated heterocycles. The molecule has 0 aliphatic heterocycles.